The summed E-state index contributed by atoms with van der Waals surface area (Å²) in [6, 6.07) is 0.518. The molecular weight excluding hydrogens is 202 g/mol. The van der Waals surface area contributed by atoms with E-state index in [1.807, 2.05) is 6.92 Å². The molecule has 0 radical (unpaired) electrons. The zero-order chi connectivity index (χ0) is 11.5. The molecule has 3 heteroatoms. The van der Waals surface area contributed by atoms with Crippen LogP contribution in [0.1, 0.15) is 45.4 Å². The van der Waals surface area contributed by atoms with Crippen molar-refractivity contribution in [2.45, 2.75) is 63.7 Å². The molecule has 0 aromatic heterocycles. The van der Waals surface area contributed by atoms with Gasteiger partial charge in [-0.15, -0.1) is 0 Å². The Bertz CT molecular complexity index is 220. The number of nitrogens with zero attached hydrogens (tertiary/aromatic N) is 1. The quantitative estimate of drug-likeness (QED) is 0.765. The van der Waals surface area contributed by atoms with E-state index in [-0.39, 0.29) is 12.2 Å². The largest absolute Gasteiger partial charge is 0.393 e. The van der Waals surface area contributed by atoms with Crippen LogP contribution in [0, 0.1) is 5.92 Å². The van der Waals surface area contributed by atoms with Crippen LogP contribution in [0.3, 0.4) is 0 Å². The number of hydrogen-bond acceptors (Lipinski definition) is 3. The average Bonchev–Trinajstić information content (AvgIpc) is 2.66. The predicted molar refractivity (Wildman–Crippen MR) is 64.2 cm³/mol. The summed E-state index contributed by atoms with van der Waals surface area (Å²) in [6.07, 6.45) is 6.66. The van der Waals surface area contributed by atoms with Gasteiger partial charge in [0.05, 0.1) is 12.2 Å². The van der Waals surface area contributed by atoms with Gasteiger partial charge in [-0.2, -0.15) is 0 Å². The summed E-state index contributed by atoms with van der Waals surface area (Å²) in [5.41, 5.74) is 0. The van der Waals surface area contributed by atoms with Crippen molar-refractivity contribution in [1.29, 1.82) is 0 Å². The molecular formula is C13H25NO2. The Morgan fingerprint density at radius 3 is 2.62 bits per heavy atom. The molecule has 1 aliphatic carbocycles. The van der Waals surface area contributed by atoms with Crippen LogP contribution in [0.5, 0.6) is 0 Å². The van der Waals surface area contributed by atoms with Gasteiger partial charge in [-0.3, -0.25) is 4.90 Å². The SMILES string of the molecule is CC(O)CN1CCCC1C1CCCCC1O. The van der Waals surface area contributed by atoms with E-state index in [9.17, 15) is 10.2 Å². The average molecular weight is 227 g/mol. The molecule has 2 N–H and O–H groups in total. The van der Waals surface area contributed by atoms with Gasteiger partial charge in [0.1, 0.15) is 0 Å². The minimum atomic E-state index is -0.249. The first-order valence-electron chi connectivity index (χ1n) is 6.78. The van der Waals surface area contributed by atoms with E-state index in [1.165, 1.54) is 32.1 Å². The van der Waals surface area contributed by atoms with Crippen molar-refractivity contribution >= 4 is 0 Å². The number of rotatable bonds is 3. The van der Waals surface area contributed by atoms with Gasteiger partial charge in [0.25, 0.3) is 0 Å². The van der Waals surface area contributed by atoms with Gasteiger partial charge >= 0.3 is 0 Å². The smallest absolute Gasteiger partial charge is 0.0639 e. The lowest BCUT2D eigenvalue weighted by atomic mass is 9.80. The molecule has 4 atom stereocenters. The lowest BCUT2D eigenvalue weighted by Gasteiger charge is -2.37. The topological polar surface area (TPSA) is 43.7 Å². The van der Waals surface area contributed by atoms with Crippen LogP contribution in [0.4, 0.5) is 0 Å². The summed E-state index contributed by atoms with van der Waals surface area (Å²) < 4.78 is 0. The van der Waals surface area contributed by atoms with Gasteiger partial charge < -0.3 is 10.2 Å². The standard InChI is InChI=1S/C13H25NO2/c1-10(15)9-14-8-4-6-12(14)11-5-2-3-7-13(11)16/h10-13,15-16H,2-9H2,1H3. The number of aliphatic hydroxyl groups is 2. The molecule has 0 spiro atoms. The Kier molecular flexibility index (Phi) is 4.22. The van der Waals surface area contributed by atoms with Crippen LogP contribution < -0.4 is 0 Å². The summed E-state index contributed by atoms with van der Waals surface area (Å²) >= 11 is 0. The van der Waals surface area contributed by atoms with Crippen LogP contribution >= 0.6 is 0 Å². The van der Waals surface area contributed by atoms with Crippen molar-refractivity contribution in [3.05, 3.63) is 0 Å². The van der Waals surface area contributed by atoms with Crippen molar-refractivity contribution < 1.29 is 10.2 Å². The number of β-amino-alcohol motifs (C(OH)–C–C–N with tert-alkyl or cyclic N) is 1. The van der Waals surface area contributed by atoms with E-state index in [4.69, 9.17) is 0 Å². The third-order valence-corrected chi connectivity index (χ3v) is 4.19. The summed E-state index contributed by atoms with van der Waals surface area (Å²) in [7, 11) is 0. The van der Waals surface area contributed by atoms with Gasteiger partial charge in [-0.1, -0.05) is 12.8 Å². The lowest BCUT2D eigenvalue weighted by Crippen LogP contribution is -2.44. The van der Waals surface area contributed by atoms with E-state index in [0.717, 1.165) is 19.5 Å². The molecule has 0 amide bonds. The van der Waals surface area contributed by atoms with Crippen LogP contribution in [0.15, 0.2) is 0 Å². The van der Waals surface area contributed by atoms with Gasteiger partial charge in [-0.05, 0) is 39.2 Å². The van der Waals surface area contributed by atoms with Gasteiger partial charge in [0.15, 0.2) is 0 Å². The molecule has 3 nitrogen and oxygen atoms in total. The van der Waals surface area contributed by atoms with E-state index in [1.54, 1.807) is 0 Å². The Morgan fingerprint density at radius 1 is 1.19 bits per heavy atom. The van der Waals surface area contributed by atoms with Gasteiger partial charge in [0.2, 0.25) is 0 Å². The van der Waals surface area contributed by atoms with Crippen molar-refractivity contribution in [2.75, 3.05) is 13.1 Å². The molecule has 0 aromatic rings. The first-order chi connectivity index (χ1) is 7.68. The fourth-order valence-corrected chi connectivity index (χ4v) is 3.49. The summed E-state index contributed by atoms with van der Waals surface area (Å²) in [5.74, 6) is 0.454. The van der Waals surface area contributed by atoms with Crippen molar-refractivity contribution in [2.24, 2.45) is 5.92 Å². The third-order valence-electron chi connectivity index (χ3n) is 4.19. The van der Waals surface area contributed by atoms with E-state index in [2.05, 4.69) is 4.90 Å². The van der Waals surface area contributed by atoms with Crippen LogP contribution in [-0.4, -0.2) is 46.5 Å². The Balaban J connectivity index is 1.95. The molecule has 2 aliphatic rings. The maximum absolute atomic E-state index is 10.1. The third kappa shape index (κ3) is 2.76. The number of aliphatic hydroxyl groups excluding tert-OH is 2. The van der Waals surface area contributed by atoms with Crippen molar-refractivity contribution in [1.82, 2.24) is 4.90 Å². The molecule has 0 bridgehead atoms. The van der Waals surface area contributed by atoms with Crippen LogP contribution in [0.25, 0.3) is 0 Å². The first kappa shape index (κ1) is 12.3. The summed E-state index contributed by atoms with van der Waals surface area (Å²) in [4.78, 5) is 2.39. The second-order valence-electron chi connectivity index (χ2n) is 5.57. The fraction of sp³-hybridized carbons (Fsp3) is 1.00. The molecule has 1 heterocycles. The Hall–Kier alpha value is -0.120. The van der Waals surface area contributed by atoms with Gasteiger partial charge in [0, 0.05) is 18.5 Å². The van der Waals surface area contributed by atoms with Crippen molar-refractivity contribution in [3.63, 3.8) is 0 Å². The fourth-order valence-electron chi connectivity index (χ4n) is 3.49. The molecule has 94 valence electrons. The summed E-state index contributed by atoms with van der Waals surface area (Å²) in [6.45, 7) is 3.72. The lowest BCUT2D eigenvalue weighted by molar-refractivity contribution is 0.0113. The Labute approximate surface area is 98.5 Å². The minimum absolute atomic E-state index is 0.103. The molecule has 1 aliphatic heterocycles. The van der Waals surface area contributed by atoms with E-state index in [0.29, 0.717) is 12.0 Å². The van der Waals surface area contributed by atoms with E-state index < -0.39 is 0 Å². The van der Waals surface area contributed by atoms with E-state index >= 15 is 0 Å². The normalized spacial score (nSPS) is 38.8. The zero-order valence-corrected chi connectivity index (χ0v) is 10.3. The van der Waals surface area contributed by atoms with Gasteiger partial charge in [-0.25, -0.2) is 0 Å². The highest BCUT2D eigenvalue weighted by Crippen LogP contribution is 2.34. The zero-order valence-electron chi connectivity index (χ0n) is 10.3. The molecule has 2 fully saturated rings. The molecule has 4 unspecified atom stereocenters. The minimum Gasteiger partial charge on any atom is -0.393 e. The number of likely N-dealkylation sites (tertiary alicyclic amines) is 1. The maximum atomic E-state index is 10.1. The molecule has 1 saturated heterocycles. The highest BCUT2D eigenvalue weighted by molar-refractivity contribution is 4.90. The highest BCUT2D eigenvalue weighted by Gasteiger charge is 2.36. The monoisotopic (exact) mass is 227 g/mol. The maximum Gasteiger partial charge on any atom is 0.0639 e. The first-order valence-corrected chi connectivity index (χ1v) is 6.78. The molecule has 16 heavy (non-hydrogen) atoms. The van der Waals surface area contributed by atoms with Crippen LogP contribution in [-0.2, 0) is 0 Å². The van der Waals surface area contributed by atoms with Crippen molar-refractivity contribution in [3.8, 4) is 0 Å². The second-order valence-corrected chi connectivity index (χ2v) is 5.57. The molecule has 2 rings (SSSR count). The predicted octanol–water partition coefficient (Wildman–Crippen LogP) is 1.38. The molecule has 0 aromatic carbocycles. The Morgan fingerprint density at radius 2 is 1.94 bits per heavy atom. The van der Waals surface area contributed by atoms with Crippen LogP contribution in [0.2, 0.25) is 0 Å². The summed E-state index contributed by atoms with van der Waals surface area (Å²) in [5, 5.41) is 19.6. The second kappa shape index (κ2) is 5.48. The molecule has 1 saturated carbocycles. The highest BCUT2D eigenvalue weighted by atomic mass is 16.3. The number of hydrogen-bond donors (Lipinski definition) is 2.